The summed E-state index contributed by atoms with van der Waals surface area (Å²) in [4.78, 5) is 8.81. The zero-order valence-corrected chi connectivity index (χ0v) is 11.1. The molecule has 20 heavy (non-hydrogen) atoms. The largest absolute Gasteiger partial charge is 0.451 e. The van der Waals surface area contributed by atoms with Crippen LogP contribution in [0.2, 0.25) is 0 Å². The summed E-state index contributed by atoms with van der Waals surface area (Å²) in [5, 5.41) is 11.8. The summed E-state index contributed by atoms with van der Waals surface area (Å²) in [6.45, 7) is 1.18. The van der Waals surface area contributed by atoms with E-state index in [-0.39, 0.29) is 24.2 Å². The lowest BCUT2D eigenvalue weighted by atomic mass is 9.99. The summed E-state index contributed by atoms with van der Waals surface area (Å²) in [5.74, 6) is -0.695. The predicted molar refractivity (Wildman–Crippen MR) is 68.6 cm³/mol. The summed E-state index contributed by atoms with van der Waals surface area (Å²) in [5.41, 5.74) is 0. The van der Waals surface area contributed by atoms with Gasteiger partial charge >= 0.3 is 6.18 Å². The van der Waals surface area contributed by atoms with Crippen LogP contribution in [-0.4, -0.2) is 41.8 Å². The SMILES string of the molecule is CNc1cc(N2CCCC(CO)C2)nc(C(F)(F)F)n1. The first-order chi connectivity index (χ1) is 9.44. The van der Waals surface area contributed by atoms with Crippen LogP contribution in [0.4, 0.5) is 24.8 Å². The number of hydrogen-bond acceptors (Lipinski definition) is 5. The number of halogens is 3. The first kappa shape index (κ1) is 14.8. The van der Waals surface area contributed by atoms with Gasteiger partial charge in [0.05, 0.1) is 0 Å². The van der Waals surface area contributed by atoms with E-state index in [4.69, 9.17) is 0 Å². The van der Waals surface area contributed by atoms with Crippen LogP contribution < -0.4 is 10.2 Å². The molecule has 1 saturated heterocycles. The molecule has 0 spiro atoms. The zero-order valence-electron chi connectivity index (χ0n) is 11.1. The van der Waals surface area contributed by atoms with Crippen molar-refractivity contribution in [3.05, 3.63) is 11.9 Å². The maximum absolute atomic E-state index is 12.8. The van der Waals surface area contributed by atoms with E-state index < -0.39 is 12.0 Å². The van der Waals surface area contributed by atoms with Gasteiger partial charge in [0.25, 0.3) is 0 Å². The minimum absolute atomic E-state index is 0.0343. The van der Waals surface area contributed by atoms with Crippen LogP contribution in [0.25, 0.3) is 0 Å². The summed E-state index contributed by atoms with van der Waals surface area (Å²) in [7, 11) is 1.51. The number of aliphatic hydroxyl groups is 1. The van der Waals surface area contributed by atoms with Gasteiger partial charge in [0.15, 0.2) is 0 Å². The third kappa shape index (κ3) is 3.30. The Hall–Kier alpha value is -1.57. The molecule has 8 heteroatoms. The molecule has 1 atom stereocenters. The first-order valence-corrected chi connectivity index (χ1v) is 6.44. The minimum Gasteiger partial charge on any atom is -0.396 e. The Kier molecular flexibility index (Phi) is 4.32. The van der Waals surface area contributed by atoms with Crippen molar-refractivity contribution >= 4 is 11.6 Å². The van der Waals surface area contributed by atoms with Gasteiger partial charge in [-0.25, -0.2) is 9.97 Å². The highest BCUT2D eigenvalue weighted by molar-refractivity contribution is 5.49. The Bertz CT molecular complexity index is 467. The molecule has 1 unspecified atom stereocenters. The van der Waals surface area contributed by atoms with Crippen LogP contribution in [0.3, 0.4) is 0 Å². The first-order valence-electron chi connectivity index (χ1n) is 6.44. The number of nitrogens with one attached hydrogen (secondary N) is 1. The molecular formula is C12H17F3N4O. The molecule has 0 aliphatic carbocycles. The highest BCUT2D eigenvalue weighted by Gasteiger charge is 2.36. The maximum atomic E-state index is 12.8. The Morgan fingerprint density at radius 2 is 2.20 bits per heavy atom. The molecule has 112 valence electrons. The van der Waals surface area contributed by atoms with Crippen molar-refractivity contribution < 1.29 is 18.3 Å². The molecule has 0 bridgehead atoms. The van der Waals surface area contributed by atoms with Crippen LogP contribution in [0.1, 0.15) is 18.7 Å². The highest BCUT2D eigenvalue weighted by Crippen LogP contribution is 2.30. The Morgan fingerprint density at radius 1 is 1.45 bits per heavy atom. The van der Waals surface area contributed by atoms with Gasteiger partial charge in [-0.05, 0) is 18.8 Å². The van der Waals surface area contributed by atoms with Crippen LogP contribution in [0.5, 0.6) is 0 Å². The second-order valence-corrected chi connectivity index (χ2v) is 4.82. The van der Waals surface area contributed by atoms with Gasteiger partial charge in [-0.3, -0.25) is 0 Å². The lowest BCUT2D eigenvalue weighted by Crippen LogP contribution is -2.37. The fraction of sp³-hybridized carbons (Fsp3) is 0.667. The number of nitrogens with zero attached hydrogens (tertiary/aromatic N) is 3. The molecule has 0 amide bonds. The molecule has 1 fully saturated rings. The van der Waals surface area contributed by atoms with Gasteiger partial charge in [-0.15, -0.1) is 0 Å². The Balaban J connectivity index is 2.30. The van der Waals surface area contributed by atoms with Crippen LogP contribution >= 0.6 is 0 Å². The fourth-order valence-corrected chi connectivity index (χ4v) is 2.27. The van der Waals surface area contributed by atoms with Gasteiger partial charge in [0, 0.05) is 32.8 Å². The molecule has 0 aromatic carbocycles. The van der Waals surface area contributed by atoms with Gasteiger partial charge in [0.2, 0.25) is 5.82 Å². The molecule has 0 saturated carbocycles. The summed E-state index contributed by atoms with van der Waals surface area (Å²) < 4.78 is 38.3. The summed E-state index contributed by atoms with van der Waals surface area (Å²) >= 11 is 0. The van der Waals surface area contributed by atoms with Gasteiger partial charge < -0.3 is 15.3 Å². The highest BCUT2D eigenvalue weighted by atomic mass is 19.4. The van der Waals surface area contributed by atoms with E-state index in [1.807, 2.05) is 0 Å². The Morgan fingerprint density at radius 3 is 2.80 bits per heavy atom. The van der Waals surface area contributed by atoms with Crippen molar-refractivity contribution in [3.63, 3.8) is 0 Å². The molecule has 5 nitrogen and oxygen atoms in total. The van der Waals surface area contributed by atoms with E-state index in [0.717, 1.165) is 12.8 Å². The van der Waals surface area contributed by atoms with Crippen molar-refractivity contribution in [3.8, 4) is 0 Å². The molecular weight excluding hydrogens is 273 g/mol. The fourth-order valence-electron chi connectivity index (χ4n) is 2.27. The lowest BCUT2D eigenvalue weighted by Gasteiger charge is -2.33. The number of alkyl halides is 3. The van der Waals surface area contributed by atoms with Gasteiger partial charge in [-0.2, -0.15) is 13.2 Å². The molecule has 1 aliphatic heterocycles. The monoisotopic (exact) mass is 290 g/mol. The normalized spacial score (nSPS) is 20.1. The van der Waals surface area contributed by atoms with E-state index in [0.29, 0.717) is 13.1 Å². The maximum Gasteiger partial charge on any atom is 0.451 e. The average Bonchev–Trinajstić information content (AvgIpc) is 2.46. The summed E-state index contributed by atoms with van der Waals surface area (Å²) in [6, 6.07) is 1.50. The van der Waals surface area contributed by atoms with Crippen molar-refractivity contribution in [2.75, 3.05) is 37.0 Å². The smallest absolute Gasteiger partial charge is 0.396 e. The number of rotatable bonds is 3. The van der Waals surface area contributed by atoms with Crippen molar-refractivity contribution in [1.82, 2.24) is 9.97 Å². The molecule has 1 aliphatic rings. The number of hydrogen-bond donors (Lipinski definition) is 2. The second-order valence-electron chi connectivity index (χ2n) is 4.82. The van der Waals surface area contributed by atoms with Crippen LogP contribution in [-0.2, 0) is 6.18 Å². The predicted octanol–water partition coefficient (Wildman–Crippen LogP) is 1.75. The van der Waals surface area contributed by atoms with Crippen LogP contribution in [0.15, 0.2) is 6.07 Å². The molecule has 1 aromatic rings. The minimum atomic E-state index is -4.58. The number of aliphatic hydroxyl groups excluding tert-OH is 1. The molecule has 2 N–H and O–H groups in total. The number of anilines is 2. The number of piperidine rings is 1. The van der Waals surface area contributed by atoms with Crippen LogP contribution in [0, 0.1) is 5.92 Å². The van der Waals surface area contributed by atoms with E-state index >= 15 is 0 Å². The van der Waals surface area contributed by atoms with Crippen molar-refractivity contribution in [2.45, 2.75) is 19.0 Å². The Labute approximate surface area is 114 Å². The van der Waals surface area contributed by atoms with E-state index in [2.05, 4.69) is 15.3 Å². The van der Waals surface area contributed by atoms with E-state index in [1.54, 1.807) is 4.90 Å². The molecule has 2 heterocycles. The molecule has 1 aromatic heterocycles. The standard InChI is InChI=1S/C12H17F3N4O/c1-16-9-5-10(18-11(17-9)12(13,14)15)19-4-2-3-8(6-19)7-20/h5,8,20H,2-4,6-7H2,1H3,(H,16,17,18). The topological polar surface area (TPSA) is 61.3 Å². The molecule has 2 rings (SSSR count). The third-order valence-corrected chi connectivity index (χ3v) is 3.32. The van der Waals surface area contributed by atoms with Crippen molar-refractivity contribution in [1.29, 1.82) is 0 Å². The quantitative estimate of drug-likeness (QED) is 0.888. The second kappa shape index (κ2) is 5.82. The number of aromatic nitrogens is 2. The zero-order chi connectivity index (χ0) is 14.8. The average molecular weight is 290 g/mol. The van der Waals surface area contributed by atoms with E-state index in [9.17, 15) is 18.3 Å². The molecule has 0 radical (unpaired) electrons. The van der Waals surface area contributed by atoms with Gasteiger partial charge in [-0.1, -0.05) is 0 Å². The summed E-state index contributed by atoms with van der Waals surface area (Å²) in [6.07, 6.45) is -2.87. The lowest BCUT2D eigenvalue weighted by molar-refractivity contribution is -0.144. The van der Waals surface area contributed by atoms with Gasteiger partial charge in [0.1, 0.15) is 11.6 Å². The third-order valence-electron chi connectivity index (χ3n) is 3.32. The van der Waals surface area contributed by atoms with E-state index in [1.165, 1.54) is 13.1 Å². The van der Waals surface area contributed by atoms with Crippen molar-refractivity contribution in [2.24, 2.45) is 5.92 Å².